The Kier molecular flexibility index (Phi) is 5.73. The van der Waals surface area contributed by atoms with E-state index in [9.17, 15) is 19.6 Å². The molecule has 4 rings (SSSR count). The zero-order valence-electron chi connectivity index (χ0n) is 16.2. The monoisotopic (exact) mass is 404 g/mol. The second-order valence-electron chi connectivity index (χ2n) is 7.31. The van der Waals surface area contributed by atoms with Crippen LogP contribution >= 0.6 is 0 Å². The summed E-state index contributed by atoms with van der Waals surface area (Å²) in [4.78, 5) is 35.2. The van der Waals surface area contributed by atoms with Gasteiger partial charge in [0, 0.05) is 30.3 Å². The van der Waals surface area contributed by atoms with Gasteiger partial charge in [-0.15, -0.1) is 0 Å². The molecule has 0 bridgehead atoms. The van der Waals surface area contributed by atoms with E-state index in [4.69, 9.17) is 0 Å². The maximum atomic E-state index is 12.7. The van der Waals surface area contributed by atoms with E-state index in [1.165, 1.54) is 18.2 Å². The van der Waals surface area contributed by atoms with E-state index >= 15 is 0 Å². The number of hydrogen-bond acceptors (Lipinski definition) is 7. The minimum atomic E-state index is -1.77. The standard InChI is InChI=1S/C21H21BN4O4/c27-13-15-10-14(7-8-17(15)22(29)30)21(28)24-16-4-3-9-26(12-16)20-11-23-18-5-1-2-6-19(18)25-20/h1-2,5-8,10-11,13,16,29-30H,3-4,9,12H2,(H,24,28). The fraction of sp³-hybridized carbons (Fsp3) is 0.238. The van der Waals surface area contributed by atoms with Gasteiger partial charge < -0.3 is 20.3 Å². The van der Waals surface area contributed by atoms with Crippen LogP contribution in [-0.2, 0) is 0 Å². The summed E-state index contributed by atoms with van der Waals surface area (Å²) in [6.45, 7) is 1.44. The van der Waals surface area contributed by atoms with Crippen LogP contribution < -0.4 is 15.7 Å². The molecule has 1 saturated heterocycles. The van der Waals surface area contributed by atoms with Crippen LogP contribution in [0.5, 0.6) is 0 Å². The van der Waals surface area contributed by atoms with Gasteiger partial charge in [0.15, 0.2) is 0 Å². The summed E-state index contributed by atoms with van der Waals surface area (Å²) in [7, 11) is -1.77. The number of aromatic nitrogens is 2. The highest BCUT2D eigenvalue weighted by Gasteiger charge is 2.24. The number of nitrogens with zero attached hydrogens (tertiary/aromatic N) is 3. The van der Waals surface area contributed by atoms with Crippen LogP contribution in [-0.4, -0.2) is 58.5 Å². The topological polar surface area (TPSA) is 116 Å². The molecule has 0 spiro atoms. The summed E-state index contributed by atoms with van der Waals surface area (Å²) in [6, 6.07) is 11.8. The number of hydrogen-bond donors (Lipinski definition) is 3. The van der Waals surface area contributed by atoms with Crippen molar-refractivity contribution in [2.45, 2.75) is 18.9 Å². The number of anilines is 1. The third kappa shape index (κ3) is 4.17. The van der Waals surface area contributed by atoms with E-state index in [1.54, 1.807) is 6.20 Å². The van der Waals surface area contributed by atoms with Crippen molar-refractivity contribution in [3.63, 3.8) is 0 Å². The van der Waals surface area contributed by atoms with Crippen molar-refractivity contribution in [2.24, 2.45) is 0 Å². The predicted octanol–water partition coefficient (Wildman–Crippen LogP) is 0.521. The Morgan fingerprint density at radius 3 is 2.77 bits per heavy atom. The summed E-state index contributed by atoms with van der Waals surface area (Å²) in [5.74, 6) is 0.464. The summed E-state index contributed by atoms with van der Waals surface area (Å²) >= 11 is 0. The molecule has 0 aliphatic carbocycles. The third-order valence-electron chi connectivity index (χ3n) is 5.27. The molecule has 1 fully saturated rings. The molecule has 2 aromatic carbocycles. The molecule has 8 nitrogen and oxygen atoms in total. The molecule has 152 valence electrons. The average molecular weight is 404 g/mol. The number of rotatable bonds is 5. The summed E-state index contributed by atoms with van der Waals surface area (Å²) in [6.07, 6.45) is 3.99. The summed E-state index contributed by atoms with van der Waals surface area (Å²) in [5.41, 5.74) is 2.11. The Morgan fingerprint density at radius 2 is 2.00 bits per heavy atom. The lowest BCUT2D eigenvalue weighted by molar-refractivity contribution is 0.0933. The fourth-order valence-electron chi connectivity index (χ4n) is 3.72. The minimum absolute atomic E-state index is 0.0697. The number of benzene rings is 2. The first-order valence-electron chi connectivity index (χ1n) is 9.78. The number of amides is 1. The van der Waals surface area contributed by atoms with Gasteiger partial charge in [0.2, 0.25) is 0 Å². The van der Waals surface area contributed by atoms with Crippen molar-refractivity contribution >= 4 is 41.6 Å². The Labute approximate surface area is 173 Å². The predicted molar refractivity (Wildman–Crippen MR) is 114 cm³/mol. The van der Waals surface area contributed by atoms with Crippen LogP contribution in [0.3, 0.4) is 0 Å². The fourth-order valence-corrected chi connectivity index (χ4v) is 3.72. The van der Waals surface area contributed by atoms with E-state index < -0.39 is 7.12 Å². The molecule has 1 aromatic heterocycles. The second kappa shape index (κ2) is 8.60. The Hall–Kier alpha value is -3.30. The number of fused-ring (bicyclic) bond motifs is 1. The van der Waals surface area contributed by atoms with Gasteiger partial charge in [-0.05, 0) is 42.6 Å². The van der Waals surface area contributed by atoms with Crippen molar-refractivity contribution in [2.75, 3.05) is 18.0 Å². The van der Waals surface area contributed by atoms with E-state index in [1.807, 2.05) is 24.3 Å². The van der Waals surface area contributed by atoms with Crippen molar-refractivity contribution < 1.29 is 19.6 Å². The molecule has 1 aliphatic heterocycles. The lowest BCUT2D eigenvalue weighted by Crippen LogP contribution is -2.48. The van der Waals surface area contributed by atoms with E-state index in [2.05, 4.69) is 20.2 Å². The van der Waals surface area contributed by atoms with Crippen molar-refractivity contribution in [1.82, 2.24) is 15.3 Å². The van der Waals surface area contributed by atoms with Gasteiger partial charge in [-0.3, -0.25) is 14.6 Å². The zero-order chi connectivity index (χ0) is 21.1. The highest BCUT2D eigenvalue weighted by molar-refractivity contribution is 6.60. The van der Waals surface area contributed by atoms with Crippen LogP contribution in [0.4, 0.5) is 5.82 Å². The van der Waals surface area contributed by atoms with E-state index in [-0.39, 0.29) is 23.0 Å². The molecular formula is C21H21BN4O4. The molecule has 3 aromatic rings. The number of nitrogens with one attached hydrogen (secondary N) is 1. The first kappa shape index (κ1) is 20.0. The van der Waals surface area contributed by atoms with E-state index in [0.717, 1.165) is 36.2 Å². The third-order valence-corrected chi connectivity index (χ3v) is 5.27. The Morgan fingerprint density at radius 1 is 1.20 bits per heavy atom. The smallest absolute Gasteiger partial charge is 0.423 e. The largest absolute Gasteiger partial charge is 0.489 e. The summed E-state index contributed by atoms with van der Waals surface area (Å²) < 4.78 is 0. The van der Waals surface area contributed by atoms with Crippen LogP contribution in [0.2, 0.25) is 0 Å². The van der Waals surface area contributed by atoms with Gasteiger partial charge in [0.1, 0.15) is 12.1 Å². The zero-order valence-corrected chi connectivity index (χ0v) is 16.2. The van der Waals surface area contributed by atoms with Gasteiger partial charge >= 0.3 is 7.12 Å². The number of para-hydroxylation sites is 2. The Balaban J connectivity index is 1.47. The minimum Gasteiger partial charge on any atom is -0.423 e. The van der Waals surface area contributed by atoms with Gasteiger partial charge in [-0.1, -0.05) is 18.2 Å². The molecule has 3 N–H and O–H groups in total. The normalized spacial score (nSPS) is 16.3. The molecule has 1 amide bonds. The first-order chi connectivity index (χ1) is 14.5. The highest BCUT2D eigenvalue weighted by Crippen LogP contribution is 2.20. The van der Waals surface area contributed by atoms with Gasteiger partial charge in [0.25, 0.3) is 5.91 Å². The quantitative estimate of drug-likeness (QED) is 0.420. The van der Waals surface area contributed by atoms with Gasteiger partial charge in [0.05, 0.1) is 17.2 Å². The van der Waals surface area contributed by atoms with Crippen LogP contribution in [0.1, 0.15) is 33.6 Å². The average Bonchev–Trinajstić information content (AvgIpc) is 2.78. The highest BCUT2D eigenvalue weighted by atomic mass is 16.4. The maximum Gasteiger partial charge on any atom is 0.489 e. The molecular weight excluding hydrogens is 383 g/mol. The maximum absolute atomic E-state index is 12.7. The molecule has 1 aliphatic rings. The number of piperidine rings is 1. The van der Waals surface area contributed by atoms with Crippen LogP contribution in [0.25, 0.3) is 11.0 Å². The number of carbonyl (C=O) groups excluding carboxylic acids is 2. The molecule has 1 unspecified atom stereocenters. The SMILES string of the molecule is O=Cc1cc(C(=O)NC2CCCN(c3cnc4ccccc4n3)C2)ccc1B(O)O. The molecule has 9 heteroatoms. The molecule has 0 radical (unpaired) electrons. The number of aldehydes is 1. The van der Waals surface area contributed by atoms with Crippen LogP contribution in [0, 0.1) is 0 Å². The summed E-state index contributed by atoms with van der Waals surface area (Å²) in [5, 5.41) is 21.6. The molecule has 1 atom stereocenters. The van der Waals surface area contributed by atoms with Gasteiger partial charge in [-0.2, -0.15) is 0 Å². The Bertz CT molecular complexity index is 1090. The van der Waals surface area contributed by atoms with E-state index in [0.29, 0.717) is 18.4 Å². The molecule has 30 heavy (non-hydrogen) atoms. The lowest BCUT2D eigenvalue weighted by Gasteiger charge is -2.33. The number of carbonyl (C=O) groups is 2. The molecule has 0 saturated carbocycles. The van der Waals surface area contributed by atoms with Crippen LogP contribution in [0.15, 0.2) is 48.7 Å². The van der Waals surface area contributed by atoms with Crippen molar-refractivity contribution in [3.8, 4) is 0 Å². The van der Waals surface area contributed by atoms with Gasteiger partial charge in [-0.25, -0.2) is 4.98 Å². The second-order valence-corrected chi connectivity index (χ2v) is 7.31. The molecule has 2 heterocycles. The van der Waals surface area contributed by atoms with Crippen molar-refractivity contribution in [3.05, 3.63) is 59.8 Å². The van der Waals surface area contributed by atoms with Crippen molar-refractivity contribution in [1.29, 1.82) is 0 Å². The first-order valence-corrected chi connectivity index (χ1v) is 9.78. The lowest BCUT2D eigenvalue weighted by atomic mass is 9.77.